The van der Waals surface area contributed by atoms with Crippen LogP contribution in [0.2, 0.25) is 0 Å². The third kappa shape index (κ3) is 5.03. The summed E-state index contributed by atoms with van der Waals surface area (Å²) in [5.74, 6) is -0.701. The summed E-state index contributed by atoms with van der Waals surface area (Å²) in [6.07, 6.45) is 3.23. The van der Waals surface area contributed by atoms with Gasteiger partial charge in [-0.3, -0.25) is 24.4 Å². The third-order valence-corrected chi connectivity index (χ3v) is 5.46. The van der Waals surface area contributed by atoms with Crippen molar-refractivity contribution >= 4 is 11.8 Å². The molecule has 2 amide bonds. The number of rotatable bonds is 9. The second-order valence-electron chi connectivity index (χ2n) is 7.63. The summed E-state index contributed by atoms with van der Waals surface area (Å²) >= 11 is 0. The van der Waals surface area contributed by atoms with E-state index in [2.05, 4.69) is 9.88 Å². The molecule has 3 aromatic rings. The number of benzene rings is 2. The van der Waals surface area contributed by atoms with Crippen molar-refractivity contribution in [3.8, 4) is 0 Å². The first kappa shape index (κ1) is 20.9. The van der Waals surface area contributed by atoms with E-state index in [4.69, 9.17) is 0 Å². The molecule has 0 fully saturated rings. The smallest absolute Gasteiger partial charge is 0.261 e. The third-order valence-electron chi connectivity index (χ3n) is 5.46. The highest BCUT2D eigenvalue weighted by molar-refractivity contribution is 6.21. The number of hydrogen-bond donors (Lipinski definition) is 0. The molecule has 1 aliphatic heterocycles. The Labute approximate surface area is 181 Å². The maximum absolute atomic E-state index is 13.3. The van der Waals surface area contributed by atoms with Crippen molar-refractivity contribution in [3.05, 3.63) is 101 Å². The molecule has 2 aromatic carbocycles. The van der Waals surface area contributed by atoms with Gasteiger partial charge in [-0.05, 0) is 48.4 Å². The van der Waals surface area contributed by atoms with Gasteiger partial charge in [0, 0.05) is 44.5 Å². The molecule has 0 bridgehead atoms. The first-order chi connectivity index (χ1) is 15.1. The summed E-state index contributed by atoms with van der Waals surface area (Å²) in [4.78, 5) is 33.1. The van der Waals surface area contributed by atoms with Crippen molar-refractivity contribution < 1.29 is 14.0 Å². The number of hydrogen-bond acceptors (Lipinski definition) is 4. The molecule has 31 heavy (non-hydrogen) atoms. The van der Waals surface area contributed by atoms with E-state index in [1.807, 2.05) is 18.2 Å². The molecule has 0 radical (unpaired) electrons. The van der Waals surface area contributed by atoms with Gasteiger partial charge in [0.1, 0.15) is 5.82 Å². The lowest BCUT2D eigenvalue weighted by Crippen LogP contribution is -2.34. The SMILES string of the molecule is O=C1c2ccccc2C(=O)N1CCCN(CCc1ccccn1)Cc1ccc(F)cc1. The zero-order valence-electron chi connectivity index (χ0n) is 17.2. The Kier molecular flexibility index (Phi) is 6.48. The average molecular weight is 417 g/mol. The van der Waals surface area contributed by atoms with Crippen LogP contribution in [0.15, 0.2) is 72.9 Å². The summed E-state index contributed by atoms with van der Waals surface area (Å²) in [5.41, 5.74) is 2.98. The minimum atomic E-state index is -0.255. The number of fused-ring (bicyclic) bond motifs is 1. The largest absolute Gasteiger partial charge is 0.299 e. The highest BCUT2D eigenvalue weighted by atomic mass is 19.1. The number of amides is 2. The van der Waals surface area contributed by atoms with E-state index in [-0.39, 0.29) is 17.6 Å². The van der Waals surface area contributed by atoms with Crippen molar-refractivity contribution in [1.82, 2.24) is 14.8 Å². The standard InChI is InChI=1S/C25H24FN3O2/c26-20-11-9-19(10-12-20)18-28(17-13-21-6-3-4-14-27-21)15-5-16-29-24(30)22-7-1-2-8-23(22)25(29)31/h1-4,6-12,14H,5,13,15-18H2. The Morgan fingerprint density at radius 3 is 2.16 bits per heavy atom. The number of carbonyl (C=O) groups is 2. The number of imide groups is 1. The van der Waals surface area contributed by atoms with Gasteiger partial charge in [-0.15, -0.1) is 0 Å². The summed E-state index contributed by atoms with van der Waals surface area (Å²) in [5, 5.41) is 0. The van der Waals surface area contributed by atoms with Gasteiger partial charge in [-0.25, -0.2) is 4.39 Å². The van der Waals surface area contributed by atoms with Crippen molar-refractivity contribution in [2.75, 3.05) is 19.6 Å². The molecular weight excluding hydrogens is 393 g/mol. The fraction of sp³-hybridized carbons (Fsp3) is 0.240. The van der Waals surface area contributed by atoms with Gasteiger partial charge in [0.25, 0.3) is 11.8 Å². The number of carbonyl (C=O) groups excluding carboxylic acids is 2. The molecule has 0 unspecified atom stereocenters. The summed E-state index contributed by atoms with van der Waals surface area (Å²) in [6, 6.07) is 19.3. The van der Waals surface area contributed by atoms with Gasteiger partial charge >= 0.3 is 0 Å². The van der Waals surface area contributed by atoms with Crippen molar-refractivity contribution in [1.29, 1.82) is 0 Å². The molecule has 0 aliphatic carbocycles. The van der Waals surface area contributed by atoms with E-state index in [0.717, 1.165) is 24.2 Å². The van der Waals surface area contributed by atoms with Gasteiger partial charge in [-0.1, -0.05) is 30.3 Å². The fourth-order valence-corrected chi connectivity index (χ4v) is 3.83. The maximum Gasteiger partial charge on any atom is 0.261 e. The van der Waals surface area contributed by atoms with Crippen LogP contribution < -0.4 is 0 Å². The Bertz CT molecular complexity index is 1020. The number of halogens is 1. The van der Waals surface area contributed by atoms with Crippen LogP contribution in [-0.4, -0.2) is 46.2 Å². The molecule has 0 atom stereocenters. The molecule has 0 saturated heterocycles. The normalized spacial score (nSPS) is 13.2. The number of aromatic nitrogens is 1. The molecule has 0 saturated carbocycles. The Hall–Kier alpha value is -3.38. The zero-order chi connectivity index (χ0) is 21.6. The van der Waals surface area contributed by atoms with Crippen molar-refractivity contribution in [2.45, 2.75) is 19.4 Å². The van der Waals surface area contributed by atoms with Crippen LogP contribution in [0.25, 0.3) is 0 Å². The van der Waals surface area contributed by atoms with E-state index in [9.17, 15) is 14.0 Å². The molecule has 0 N–H and O–H groups in total. The maximum atomic E-state index is 13.3. The summed E-state index contributed by atoms with van der Waals surface area (Å²) in [6.45, 7) is 2.51. The summed E-state index contributed by atoms with van der Waals surface area (Å²) in [7, 11) is 0. The van der Waals surface area contributed by atoms with Gasteiger partial charge in [-0.2, -0.15) is 0 Å². The fourth-order valence-electron chi connectivity index (χ4n) is 3.83. The second-order valence-corrected chi connectivity index (χ2v) is 7.63. The highest BCUT2D eigenvalue weighted by Crippen LogP contribution is 2.22. The van der Waals surface area contributed by atoms with E-state index < -0.39 is 0 Å². The topological polar surface area (TPSA) is 53.5 Å². The number of pyridine rings is 1. The average Bonchev–Trinajstić information content (AvgIpc) is 3.04. The van der Waals surface area contributed by atoms with E-state index in [1.165, 1.54) is 17.0 Å². The quantitative estimate of drug-likeness (QED) is 0.495. The molecule has 0 spiro atoms. The Balaban J connectivity index is 1.38. The van der Waals surface area contributed by atoms with Crippen LogP contribution >= 0.6 is 0 Å². The van der Waals surface area contributed by atoms with E-state index in [0.29, 0.717) is 37.2 Å². The molecule has 5 nitrogen and oxygen atoms in total. The lowest BCUT2D eigenvalue weighted by molar-refractivity contribution is 0.0646. The van der Waals surface area contributed by atoms with Gasteiger partial charge in [0.2, 0.25) is 0 Å². The molecular formula is C25H24FN3O2. The molecule has 6 heteroatoms. The monoisotopic (exact) mass is 417 g/mol. The van der Waals surface area contributed by atoms with Crippen LogP contribution in [0, 0.1) is 5.82 Å². The van der Waals surface area contributed by atoms with Crippen molar-refractivity contribution in [2.24, 2.45) is 0 Å². The van der Waals surface area contributed by atoms with Crippen molar-refractivity contribution in [3.63, 3.8) is 0 Å². The first-order valence-corrected chi connectivity index (χ1v) is 10.4. The van der Waals surface area contributed by atoms with Gasteiger partial charge in [0.15, 0.2) is 0 Å². The number of nitrogens with zero attached hydrogens (tertiary/aromatic N) is 3. The van der Waals surface area contributed by atoms with Crippen LogP contribution in [0.5, 0.6) is 0 Å². The van der Waals surface area contributed by atoms with Crippen LogP contribution in [0.1, 0.15) is 38.4 Å². The minimum Gasteiger partial charge on any atom is -0.299 e. The highest BCUT2D eigenvalue weighted by Gasteiger charge is 2.34. The Morgan fingerprint density at radius 2 is 1.52 bits per heavy atom. The molecule has 2 heterocycles. The van der Waals surface area contributed by atoms with E-state index >= 15 is 0 Å². The molecule has 158 valence electrons. The summed E-state index contributed by atoms with van der Waals surface area (Å²) < 4.78 is 13.3. The molecule has 4 rings (SSSR count). The predicted molar refractivity (Wildman–Crippen MR) is 116 cm³/mol. The zero-order valence-corrected chi connectivity index (χ0v) is 17.2. The lowest BCUT2D eigenvalue weighted by Gasteiger charge is -2.23. The van der Waals surface area contributed by atoms with Crippen LogP contribution in [-0.2, 0) is 13.0 Å². The molecule has 1 aromatic heterocycles. The van der Waals surface area contributed by atoms with E-state index in [1.54, 1.807) is 42.6 Å². The minimum absolute atomic E-state index is 0.223. The predicted octanol–water partition coefficient (Wildman–Crippen LogP) is 3.95. The van der Waals surface area contributed by atoms with Crippen LogP contribution in [0.4, 0.5) is 4.39 Å². The Morgan fingerprint density at radius 1 is 0.839 bits per heavy atom. The lowest BCUT2D eigenvalue weighted by atomic mass is 10.1. The first-order valence-electron chi connectivity index (χ1n) is 10.4. The molecule has 1 aliphatic rings. The van der Waals surface area contributed by atoms with Gasteiger partial charge in [0.05, 0.1) is 11.1 Å². The van der Waals surface area contributed by atoms with Crippen LogP contribution in [0.3, 0.4) is 0 Å². The van der Waals surface area contributed by atoms with Gasteiger partial charge < -0.3 is 0 Å². The second kappa shape index (κ2) is 9.62.